The smallest absolute Gasteiger partial charge is 0.0922 e. The molecule has 0 unspecified atom stereocenters. The fourth-order valence-corrected chi connectivity index (χ4v) is 2.14. The molecule has 0 saturated heterocycles. The number of aromatic amines is 1. The van der Waals surface area contributed by atoms with Crippen molar-refractivity contribution >= 4 is 5.69 Å². The maximum Gasteiger partial charge on any atom is 0.0922 e. The highest BCUT2D eigenvalue weighted by molar-refractivity contribution is 5.47. The number of anilines is 1. The lowest BCUT2D eigenvalue weighted by Gasteiger charge is -2.15. The minimum Gasteiger partial charge on any atom is -0.377 e. The van der Waals surface area contributed by atoms with Crippen molar-refractivity contribution in [3.63, 3.8) is 0 Å². The summed E-state index contributed by atoms with van der Waals surface area (Å²) in [7, 11) is 0. The lowest BCUT2D eigenvalue weighted by Crippen LogP contribution is -2.12. The van der Waals surface area contributed by atoms with E-state index in [0.717, 1.165) is 30.9 Å². The summed E-state index contributed by atoms with van der Waals surface area (Å²) in [4.78, 5) is 7.07. The summed E-state index contributed by atoms with van der Waals surface area (Å²) >= 11 is 0. The Morgan fingerprint density at radius 3 is 3.25 bits per heavy atom. The molecule has 0 atom stereocenters. The van der Waals surface area contributed by atoms with Crippen LogP contribution < -0.4 is 5.32 Å². The minimum absolute atomic E-state index is 0.776. The van der Waals surface area contributed by atoms with Crippen LogP contribution in [-0.2, 0) is 19.5 Å². The molecule has 3 heterocycles. The number of nitrogens with one attached hydrogen (secondary N) is 2. The van der Waals surface area contributed by atoms with Crippen LogP contribution in [0.5, 0.6) is 0 Å². The predicted molar refractivity (Wildman–Crippen MR) is 61.1 cm³/mol. The van der Waals surface area contributed by atoms with Gasteiger partial charge >= 0.3 is 0 Å². The Morgan fingerprint density at radius 1 is 1.38 bits per heavy atom. The number of fused-ring (bicyclic) bond motifs is 1. The molecule has 84 valence electrons. The van der Waals surface area contributed by atoms with Crippen LogP contribution in [0.3, 0.4) is 0 Å². The number of H-pyrrole nitrogens is 1. The topological polar surface area (TPSA) is 58.5 Å². The largest absolute Gasteiger partial charge is 0.377 e. The first-order chi connectivity index (χ1) is 7.93. The molecule has 0 fully saturated rings. The number of rotatable bonds is 3. The standard InChI is InChI=1S/C11H15N5/c1-2-4-16-11(3-1)10(7-15-16)13-6-9-5-12-8-14-9/h5,7-8,13H,1-4,6H2,(H,12,14). The highest BCUT2D eigenvalue weighted by Crippen LogP contribution is 2.22. The van der Waals surface area contributed by atoms with E-state index in [1.54, 1.807) is 6.33 Å². The van der Waals surface area contributed by atoms with E-state index < -0.39 is 0 Å². The van der Waals surface area contributed by atoms with Crippen molar-refractivity contribution in [3.05, 3.63) is 30.1 Å². The molecule has 3 rings (SSSR count). The average Bonchev–Trinajstić information content (AvgIpc) is 2.96. The zero-order chi connectivity index (χ0) is 10.8. The average molecular weight is 217 g/mol. The second kappa shape index (κ2) is 4.00. The molecule has 0 saturated carbocycles. The number of aryl methyl sites for hydroxylation is 1. The third kappa shape index (κ3) is 1.68. The molecule has 1 aliphatic rings. The van der Waals surface area contributed by atoms with E-state index in [9.17, 15) is 0 Å². The Hall–Kier alpha value is -1.78. The molecule has 5 heteroatoms. The Kier molecular flexibility index (Phi) is 2.36. The second-order valence-corrected chi connectivity index (χ2v) is 4.12. The molecule has 0 amide bonds. The zero-order valence-corrected chi connectivity index (χ0v) is 9.11. The van der Waals surface area contributed by atoms with Crippen LogP contribution in [0.15, 0.2) is 18.7 Å². The number of imidazole rings is 1. The maximum atomic E-state index is 4.38. The SMILES string of the molecule is c1ncc(CNc2cnn3c2CCCC3)[nH]1. The lowest BCUT2D eigenvalue weighted by molar-refractivity contribution is 0.487. The van der Waals surface area contributed by atoms with Gasteiger partial charge in [-0.1, -0.05) is 0 Å². The van der Waals surface area contributed by atoms with Gasteiger partial charge in [-0.25, -0.2) is 4.98 Å². The summed E-state index contributed by atoms with van der Waals surface area (Å²) in [6.07, 6.45) is 9.11. The van der Waals surface area contributed by atoms with E-state index in [2.05, 4.69) is 25.1 Å². The van der Waals surface area contributed by atoms with Crippen molar-refractivity contribution in [1.29, 1.82) is 0 Å². The second-order valence-electron chi connectivity index (χ2n) is 4.12. The van der Waals surface area contributed by atoms with Gasteiger partial charge in [0.1, 0.15) is 0 Å². The Morgan fingerprint density at radius 2 is 2.38 bits per heavy atom. The third-order valence-electron chi connectivity index (χ3n) is 3.01. The van der Waals surface area contributed by atoms with Crippen LogP contribution in [0.2, 0.25) is 0 Å². The summed E-state index contributed by atoms with van der Waals surface area (Å²) in [6, 6.07) is 0. The van der Waals surface area contributed by atoms with Gasteiger partial charge in [0.05, 0.1) is 36.1 Å². The third-order valence-corrected chi connectivity index (χ3v) is 3.01. The first-order valence-electron chi connectivity index (χ1n) is 5.69. The molecule has 0 aliphatic carbocycles. The summed E-state index contributed by atoms with van der Waals surface area (Å²) < 4.78 is 2.11. The van der Waals surface area contributed by atoms with E-state index >= 15 is 0 Å². The van der Waals surface area contributed by atoms with E-state index in [1.807, 2.05) is 12.4 Å². The van der Waals surface area contributed by atoms with Crippen LogP contribution in [0.1, 0.15) is 24.2 Å². The molecule has 2 aromatic heterocycles. The molecular formula is C11H15N5. The number of hydrogen-bond donors (Lipinski definition) is 2. The lowest BCUT2D eigenvalue weighted by atomic mass is 10.1. The van der Waals surface area contributed by atoms with Crippen LogP contribution in [0.4, 0.5) is 5.69 Å². The molecule has 1 aliphatic heterocycles. The summed E-state index contributed by atoms with van der Waals surface area (Å²) in [6.45, 7) is 1.83. The van der Waals surface area contributed by atoms with Crippen LogP contribution in [0.25, 0.3) is 0 Å². The van der Waals surface area contributed by atoms with E-state index in [4.69, 9.17) is 0 Å². The van der Waals surface area contributed by atoms with Crippen LogP contribution in [-0.4, -0.2) is 19.7 Å². The van der Waals surface area contributed by atoms with Crippen molar-refractivity contribution in [2.24, 2.45) is 0 Å². The van der Waals surface area contributed by atoms with E-state index in [0.29, 0.717) is 0 Å². The van der Waals surface area contributed by atoms with Gasteiger partial charge in [-0.3, -0.25) is 4.68 Å². The quantitative estimate of drug-likeness (QED) is 0.820. The summed E-state index contributed by atoms with van der Waals surface area (Å²) in [5.74, 6) is 0. The van der Waals surface area contributed by atoms with Crippen molar-refractivity contribution in [2.75, 3.05) is 5.32 Å². The highest BCUT2D eigenvalue weighted by atomic mass is 15.3. The molecule has 0 radical (unpaired) electrons. The van der Waals surface area contributed by atoms with Gasteiger partial charge in [0, 0.05) is 12.7 Å². The molecular weight excluding hydrogens is 202 g/mol. The fraction of sp³-hybridized carbons (Fsp3) is 0.455. The Bertz CT molecular complexity index is 457. The summed E-state index contributed by atoms with van der Waals surface area (Å²) in [5, 5.41) is 7.79. The first-order valence-corrected chi connectivity index (χ1v) is 5.69. The Balaban J connectivity index is 1.72. The number of aromatic nitrogens is 4. The fourth-order valence-electron chi connectivity index (χ4n) is 2.14. The molecule has 0 bridgehead atoms. The van der Waals surface area contributed by atoms with Crippen LogP contribution in [0, 0.1) is 0 Å². The highest BCUT2D eigenvalue weighted by Gasteiger charge is 2.14. The van der Waals surface area contributed by atoms with Gasteiger partial charge < -0.3 is 10.3 Å². The monoisotopic (exact) mass is 217 g/mol. The normalized spacial score (nSPS) is 14.8. The molecule has 0 aromatic carbocycles. The van der Waals surface area contributed by atoms with Crippen molar-refractivity contribution in [2.45, 2.75) is 32.4 Å². The maximum absolute atomic E-state index is 4.38. The van der Waals surface area contributed by atoms with Gasteiger partial charge in [0.15, 0.2) is 0 Å². The molecule has 0 spiro atoms. The molecule has 2 aromatic rings. The Labute approximate surface area is 93.9 Å². The van der Waals surface area contributed by atoms with Gasteiger partial charge in [-0.2, -0.15) is 5.10 Å². The first kappa shape index (κ1) is 9.45. The van der Waals surface area contributed by atoms with Gasteiger partial charge in [-0.15, -0.1) is 0 Å². The van der Waals surface area contributed by atoms with Crippen molar-refractivity contribution in [1.82, 2.24) is 19.7 Å². The summed E-state index contributed by atoms with van der Waals surface area (Å²) in [5.41, 5.74) is 3.59. The number of hydrogen-bond acceptors (Lipinski definition) is 3. The molecule has 5 nitrogen and oxygen atoms in total. The minimum atomic E-state index is 0.776. The zero-order valence-electron chi connectivity index (χ0n) is 9.11. The van der Waals surface area contributed by atoms with Gasteiger partial charge in [-0.05, 0) is 19.3 Å². The predicted octanol–water partition coefficient (Wildman–Crippen LogP) is 1.55. The van der Waals surface area contributed by atoms with Gasteiger partial charge in [0.25, 0.3) is 0 Å². The van der Waals surface area contributed by atoms with Gasteiger partial charge in [0.2, 0.25) is 0 Å². The van der Waals surface area contributed by atoms with E-state index in [-0.39, 0.29) is 0 Å². The van der Waals surface area contributed by atoms with Crippen molar-refractivity contribution in [3.8, 4) is 0 Å². The van der Waals surface area contributed by atoms with E-state index in [1.165, 1.54) is 18.5 Å². The van der Waals surface area contributed by atoms with Crippen LogP contribution >= 0.6 is 0 Å². The molecule has 16 heavy (non-hydrogen) atoms. The van der Waals surface area contributed by atoms with Crippen molar-refractivity contribution < 1.29 is 0 Å². The number of nitrogens with zero attached hydrogens (tertiary/aromatic N) is 3. The molecule has 2 N–H and O–H groups in total.